The van der Waals surface area contributed by atoms with E-state index in [1.165, 1.54) is 6.07 Å². The lowest BCUT2D eigenvalue weighted by Crippen LogP contribution is -2.47. The van der Waals surface area contributed by atoms with Crippen LogP contribution in [0.25, 0.3) is 11.1 Å². The zero-order valence-electron chi connectivity index (χ0n) is 14.0. The highest BCUT2D eigenvalue weighted by atomic mass is 19.1. The van der Waals surface area contributed by atoms with E-state index in [0.29, 0.717) is 17.7 Å². The van der Waals surface area contributed by atoms with E-state index >= 15 is 0 Å². The van der Waals surface area contributed by atoms with Gasteiger partial charge in [0.1, 0.15) is 5.82 Å². The summed E-state index contributed by atoms with van der Waals surface area (Å²) in [4.78, 5) is 14.6. The van der Waals surface area contributed by atoms with Gasteiger partial charge in [-0.15, -0.1) is 0 Å². The number of benzene rings is 2. The van der Waals surface area contributed by atoms with Crippen molar-refractivity contribution < 1.29 is 9.18 Å². The van der Waals surface area contributed by atoms with Crippen molar-refractivity contribution in [1.82, 2.24) is 4.90 Å². The third kappa shape index (κ3) is 3.34. The average molecular weight is 326 g/mol. The first-order valence-corrected chi connectivity index (χ1v) is 8.48. The van der Waals surface area contributed by atoms with Gasteiger partial charge in [-0.25, -0.2) is 4.39 Å². The molecule has 1 atom stereocenters. The van der Waals surface area contributed by atoms with Gasteiger partial charge in [0.05, 0.1) is 0 Å². The molecule has 2 aromatic carbocycles. The first-order valence-electron chi connectivity index (χ1n) is 8.48. The Morgan fingerprint density at radius 3 is 2.54 bits per heavy atom. The number of amides is 1. The van der Waals surface area contributed by atoms with Crippen LogP contribution in [0.1, 0.15) is 35.2 Å². The Hall–Kier alpha value is -2.20. The van der Waals surface area contributed by atoms with Crippen LogP contribution in [0.5, 0.6) is 0 Å². The van der Waals surface area contributed by atoms with Gasteiger partial charge in [-0.05, 0) is 67.1 Å². The van der Waals surface area contributed by atoms with Crippen LogP contribution in [0.15, 0.2) is 42.5 Å². The molecule has 1 fully saturated rings. The van der Waals surface area contributed by atoms with E-state index in [1.54, 1.807) is 13.0 Å². The fourth-order valence-electron chi connectivity index (χ4n) is 3.31. The van der Waals surface area contributed by atoms with Crippen LogP contribution in [0.3, 0.4) is 0 Å². The first-order chi connectivity index (χ1) is 11.6. The van der Waals surface area contributed by atoms with Gasteiger partial charge in [0.25, 0.3) is 5.91 Å². The number of carbonyl (C=O) groups is 1. The zero-order chi connectivity index (χ0) is 17.1. The predicted octanol–water partition coefficient (Wildman–Crippen LogP) is 3.75. The fourth-order valence-corrected chi connectivity index (χ4v) is 3.31. The Morgan fingerprint density at radius 2 is 1.88 bits per heavy atom. The minimum Gasteiger partial charge on any atom is -0.334 e. The lowest BCUT2D eigenvalue weighted by molar-refractivity contribution is 0.0623. The van der Waals surface area contributed by atoms with Crippen molar-refractivity contribution in [2.75, 3.05) is 13.1 Å². The second kappa shape index (κ2) is 7.14. The van der Waals surface area contributed by atoms with Crippen LogP contribution < -0.4 is 5.73 Å². The van der Waals surface area contributed by atoms with Crippen LogP contribution in [0.2, 0.25) is 0 Å². The Labute approximate surface area is 142 Å². The molecule has 2 N–H and O–H groups in total. The number of nitrogens with two attached hydrogens (primary N) is 1. The molecule has 3 rings (SSSR count). The highest BCUT2D eigenvalue weighted by Gasteiger charge is 2.26. The number of piperidine rings is 1. The molecule has 1 amide bonds. The largest absolute Gasteiger partial charge is 0.334 e. The molecule has 4 heteroatoms. The second-order valence-electron chi connectivity index (χ2n) is 6.43. The van der Waals surface area contributed by atoms with Gasteiger partial charge in [-0.3, -0.25) is 4.79 Å². The standard InChI is InChI=1S/C20H23FN2O/c1-14-12-17(9-10-19(14)21)15-5-7-16(8-6-15)20(24)23-11-3-2-4-18(23)13-22/h5-10,12,18H,2-4,11,13,22H2,1H3/t18-/m1/s1. The smallest absolute Gasteiger partial charge is 0.254 e. The van der Waals surface area contributed by atoms with Crippen molar-refractivity contribution in [3.05, 3.63) is 59.4 Å². The number of halogens is 1. The molecular formula is C20H23FN2O. The number of rotatable bonds is 3. The van der Waals surface area contributed by atoms with E-state index in [2.05, 4.69) is 0 Å². The quantitative estimate of drug-likeness (QED) is 0.933. The minimum absolute atomic E-state index is 0.0481. The second-order valence-corrected chi connectivity index (χ2v) is 6.43. The van der Waals surface area contributed by atoms with Crippen molar-refractivity contribution in [1.29, 1.82) is 0 Å². The van der Waals surface area contributed by atoms with Crippen molar-refractivity contribution >= 4 is 5.91 Å². The minimum atomic E-state index is -0.205. The summed E-state index contributed by atoms with van der Waals surface area (Å²) in [5.74, 6) is -0.157. The van der Waals surface area contributed by atoms with E-state index < -0.39 is 0 Å². The molecule has 0 aromatic heterocycles. The third-order valence-corrected chi connectivity index (χ3v) is 4.78. The summed E-state index contributed by atoms with van der Waals surface area (Å²) in [5, 5.41) is 0. The summed E-state index contributed by atoms with van der Waals surface area (Å²) in [5.41, 5.74) is 9.03. The monoisotopic (exact) mass is 326 g/mol. The predicted molar refractivity (Wildman–Crippen MR) is 94.3 cm³/mol. The summed E-state index contributed by atoms with van der Waals surface area (Å²) >= 11 is 0. The molecule has 0 spiro atoms. The fraction of sp³-hybridized carbons (Fsp3) is 0.350. The lowest BCUT2D eigenvalue weighted by atomic mass is 9.99. The van der Waals surface area contributed by atoms with E-state index in [0.717, 1.165) is 36.9 Å². The molecule has 0 radical (unpaired) electrons. The van der Waals surface area contributed by atoms with Gasteiger partial charge in [-0.2, -0.15) is 0 Å². The lowest BCUT2D eigenvalue weighted by Gasteiger charge is -2.35. The maximum absolute atomic E-state index is 13.4. The molecule has 0 saturated carbocycles. The highest BCUT2D eigenvalue weighted by Crippen LogP contribution is 2.24. The SMILES string of the molecule is Cc1cc(-c2ccc(C(=O)N3CCCC[C@@H]3CN)cc2)ccc1F. The highest BCUT2D eigenvalue weighted by molar-refractivity contribution is 5.95. The van der Waals surface area contributed by atoms with Gasteiger partial charge in [0.15, 0.2) is 0 Å². The van der Waals surface area contributed by atoms with Gasteiger partial charge in [0.2, 0.25) is 0 Å². The number of carbonyl (C=O) groups excluding carboxylic acids is 1. The van der Waals surface area contributed by atoms with Crippen LogP contribution in [0.4, 0.5) is 4.39 Å². The Balaban J connectivity index is 1.80. The molecule has 126 valence electrons. The summed E-state index contributed by atoms with van der Waals surface area (Å²) in [6.07, 6.45) is 3.15. The number of likely N-dealkylation sites (tertiary alicyclic amines) is 1. The van der Waals surface area contributed by atoms with Gasteiger partial charge >= 0.3 is 0 Å². The molecule has 1 saturated heterocycles. The van der Waals surface area contributed by atoms with Crippen LogP contribution in [-0.4, -0.2) is 29.9 Å². The summed E-state index contributed by atoms with van der Waals surface area (Å²) in [7, 11) is 0. The number of hydrogen-bond donors (Lipinski definition) is 1. The molecule has 1 aliphatic heterocycles. The van der Waals surface area contributed by atoms with E-state index in [1.807, 2.05) is 35.2 Å². The topological polar surface area (TPSA) is 46.3 Å². The van der Waals surface area contributed by atoms with E-state index in [9.17, 15) is 9.18 Å². The zero-order valence-corrected chi connectivity index (χ0v) is 14.0. The van der Waals surface area contributed by atoms with Crippen molar-refractivity contribution in [3.8, 4) is 11.1 Å². The number of nitrogens with zero attached hydrogens (tertiary/aromatic N) is 1. The van der Waals surface area contributed by atoms with Gasteiger partial charge < -0.3 is 10.6 Å². The summed E-state index contributed by atoms with van der Waals surface area (Å²) in [6.45, 7) is 3.04. The first kappa shape index (κ1) is 16.7. The summed E-state index contributed by atoms with van der Waals surface area (Å²) in [6, 6.07) is 12.7. The number of hydrogen-bond acceptors (Lipinski definition) is 2. The Bertz CT molecular complexity index is 727. The number of aryl methyl sites for hydroxylation is 1. The maximum atomic E-state index is 13.4. The van der Waals surface area contributed by atoms with E-state index in [4.69, 9.17) is 5.73 Å². The van der Waals surface area contributed by atoms with Crippen LogP contribution in [-0.2, 0) is 0 Å². The molecule has 1 aliphatic rings. The van der Waals surface area contributed by atoms with Crippen molar-refractivity contribution in [3.63, 3.8) is 0 Å². The normalized spacial score (nSPS) is 17.8. The third-order valence-electron chi connectivity index (χ3n) is 4.78. The van der Waals surface area contributed by atoms with Crippen molar-refractivity contribution in [2.45, 2.75) is 32.2 Å². The van der Waals surface area contributed by atoms with E-state index in [-0.39, 0.29) is 17.8 Å². The molecular weight excluding hydrogens is 303 g/mol. The molecule has 2 aromatic rings. The van der Waals surface area contributed by atoms with Gasteiger partial charge in [0, 0.05) is 24.7 Å². The van der Waals surface area contributed by atoms with Crippen molar-refractivity contribution in [2.24, 2.45) is 5.73 Å². The Kier molecular flexibility index (Phi) is 4.95. The summed E-state index contributed by atoms with van der Waals surface area (Å²) < 4.78 is 13.4. The van der Waals surface area contributed by atoms with Gasteiger partial charge in [-0.1, -0.05) is 18.2 Å². The Morgan fingerprint density at radius 1 is 1.17 bits per heavy atom. The molecule has 0 aliphatic carbocycles. The molecule has 0 bridgehead atoms. The van der Waals surface area contributed by atoms with Crippen LogP contribution in [0, 0.1) is 12.7 Å². The maximum Gasteiger partial charge on any atom is 0.254 e. The van der Waals surface area contributed by atoms with Crippen LogP contribution >= 0.6 is 0 Å². The molecule has 3 nitrogen and oxygen atoms in total. The molecule has 0 unspecified atom stereocenters. The molecule has 24 heavy (non-hydrogen) atoms. The average Bonchev–Trinajstić information content (AvgIpc) is 2.63. The molecule has 1 heterocycles.